The maximum atomic E-state index is 10.7. The fourth-order valence-corrected chi connectivity index (χ4v) is 1.02. The van der Waals surface area contributed by atoms with E-state index >= 15 is 0 Å². The Labute approximate surface area is 68.8 Å². The standard InChI is InChI=1S/C7H8ClNO2/c8-7-5-6(11)1-2-9(7)3-4-10/h1-2,5,10H,3-4H2. The molecule has 0 aromatic carbocycles. The largest absolute Gasteiger partial charge is 0.395 e. The van der Waals surface area contributed by atoms with Crippen molar-refractivity contribution in [1.29, 1.82) is 0 Å². The molecule has 0 aliphatic rings. The molecule has 0 atom stereocenters. The molecule has 1 aromatic rings. The number of halogens is 1. The average Bonchev–Trinajstić information content (AvgIpc) is 1.95. The molecule has 4 heteroatoms. The Morgan fingerprint density at radius 1 is 1.64 bits per heavy atom. The van der Waals surface area contributed by atoms with Gasteiger partial charge < -0.3 is 9.67 Å². The average molecular weight is 174 g/mol. The fourth-order valence-electron chi connectivity index (χ4n) is 0.772. The summed E-state index contributed by atoms with van der Waals surface area (Å²) in [6.45, 7) is 0.432. The Bertz CT molecular complexity index is 295. The van der Waals surface area contributed by atoms with E-state index in [9.17, 15) is 4.79 Å². The molecule has 0 unspecified atom stereocenters. The van der Waals surface area contributed by atoms with Gasteiger partial charge >= 0.3 is 0 Å². The highest BCUT2D eigenvalue weighted by molar-refractivity contribution is 6.29. The molecule has 1 aromatic heterocycles. The van der Waals surface area contributed by atoms with Gasteiger partial charge in [-0.25, -0.2) is 0 Å². The number of rotatable bonds is 2. The van der Waals surface area contributed by atoms with Gasteiger partial charge in [-0.3, -0.25) is 4.79 Å². The summed E-state index contributed by atoms with van der Waals surface area (Å²) in [5.74, 6) is 0. The Kier molecular flexibility index (Phi) is 2.68. The van der Waals surface area contributed by atoms with Gasteiger partial charge in [-0.1, -0.05) is 11.6 Å². The zero-order valence-electron chi connectivity index (χ0n) is 5.83. The third-order valence-electron chi connectivity index (χ3n) is 1.30. The number of hydrogen-bond acceptors (Lipinski definition) is 2. The molecule has 0 bridgehead atoms. The summed E-state index contributed by atoms with van der Waals surface area (Å²) in [4.78, 5) is 10.7. The van der Waals surface area contributed by atoms with Crippen LogP contribution in [0.5, 0.6) is 0 Å². The third kappa shape index (κ3) is 2.06. The quantitative estimate of drug-likeness (QED) is 0.662. The van der Waals surface area contributed by atoms with E-state index < -0.39 is 0 Å². The molecular weight excluding hydrogens is 166 g/mol. The molecule has 0 saturated carbocycles. The molecule has 0 aliphatic heterocycles. The summed E-state index contributed by atoms with van der Waals surface area (Å²) < 4.78 is 1.60. The number of aliphatic hydroxyl groups is 1. The van der Waals surface area contributed by atoms with Crippen LogP contribution in [-0.2, 0) is 6.54 Å². The van der Waals surface area contributed by atoms with Crippen LogP contribution in [0.2, 0.25) is 5.15 Å². The first-order valence-corrected chi connectivity index (χ1v) is 3.58. The number of aromatic nitrogens is 1. The van der Waals surface area contributed by atoms with Gasteiger partial charge in [-0.2, -0.15) is 0 Å². The van der Waals surface area contributed by atoms with Gasteiger partial charge in [0.15, 0.2) is 5.43 Å². The zero-order chi connectivity index (χ0) is 8.27. The fraction of sp³-hybridized carbons (Fsp3) is 0.286. The smallest absolute Gasteiger partial charge is 0.183 e. The number of hydrogen-bond donors (Lipinski definition) is 1. The number of aliphatic hydroxyl groups excluding tert-OH is 1. The summed E-state index contributed by atoms with van der Waals surface area (Å²) in [6.07, 6.45) is 1.56. The molecule has 3 nitrogen and oxygen atoms in total. The van der Waals surface area contributed by atoms with Crippen molar-refractivity contribution in [3.05, 3.63) is 33.7 Å². The topological polar surface area (TPSA) is 42.2 Å². The van der Waals surface area contributed by atoms with Crippen LogP contribution in [0.15, 0.2) is 23.1 Å². The van der Waals surface area contributed by atoms with Gasteiger partial charge in [-0.05, 0) is 0 Å². The molecule has 1 heterocycles. The lowest BCUT2D eigenvalue weighted by molar-refractivity contribution is 0.276. The monoisotopic (exact) mass is 173 g/mol. The molecule has 1 rings (SSSR count). The van der Waals surface area contributed by atoms with Gasteiger partial charge in [0.25, 0.3) is 0 Å². The van der Waals surface area contributed by atoms with Gasteiger partial charge in [0.1, 0.15) is 5.15 Å². The first-order chi connectivity index (χ1) is 5.24. The number of nitrogens with zero attached hydrogens (tertiary/aromatic N) is 1. The summed E-state index contributed by atoms with van der Waals surface area (Å²) in [7, 11) is 0. The van der Waals surface area contributed by atoms with Crippen molar-refractivity contribution in [3.63, 3.8) is 0 Å². The van der Waals surface area contributed by atoms with Crippen molar-refractivity contribution in [2.45, 2.75) is 6.54 Å². The molecule has 0 saturated heterocycles. The van der Waals surface area contributed by atoms with Crippen molar-refractivity contribution in [1.82, 2.24) is 4.57 Å². The predicted molar refractivity (Wildman–Crippen MR) is 42.8 cm³/mol. The van der Waals surface area contributed by atoms with E-state index in [2.05, 4.69) is 0 Å². The van der Waals surface area contributed by atoms with Crippen LogP contribution in [-0.4, -0.2) is 16.3 Å². The van der Waals surface area contributed by atoms with Crippen LogP contribution in [0, 0.1) is 0 Å². The summed E-state index contributed by atoms with van der Waals surface area (Å²) in [6, 6.07) is 2.72. The normalized spacial score (nSPS) is 10.0. The summed E-state index contributed by atoms with van der Waals surface area (Å²) in [5, 5.41) is 8.91. The molecule has 60 valence electrons. The van der Waals surface area contributed by atoms with Gasteiger partial charge in [0.2, 0.25) is 0 Å². The lowest BCUT2D eigenvalue weighted by Crippen LogP contribution is -2.08. The second kappa shape index (κ2) is 3.55. The molecular formula is C7H8ClNO2. The lowest BCUT2D eigenvalue weighted by Gasteiger charge is -2.04. The highest BCUT2D eigenvalue weighted by Crippen LogP contribution is 2.03. The van der Waals surface area contributed by atoms with E-state index in [1.54, 1.807) is 10.8 Å². The molecule has 0 radical (unpaired) electrons. The number of pyridine rings is 1. The minimum absolute atomic E-state index is 0.0165. The van der Waals surface area contributed by atoms with Gasteiger partial charge in [0, 0.05) is 24.9 Å². The Balaban J connectivity index is 2.99. The van der Waals surface area contributed by atoms with Crippen LogP contribution in [0.4, 0.5) is 0 Å². The van der Waals surface area contributed by atoms with E-state index in [1.807, 2.05) is 0 Å². The second-order valence-corrected chi connectivity index (χ2v) is 2.49. The maximum absolute atomic E-state index is 10.7. The van der Waals surface area contributed by atoms with Crippen molar-refractivity contribution >= 4 is 11.6 Å². The van der Waals surface area contributed by atoms with Gasteiger partial charge in [0.05, 0.1) is 6.61 Å². The van der Waals surface area contributed by atoms with Crippen LogP contribution in [0.25, 0.3) is 0 Å². The molecule has 0 amide bonds. The Morgan fingerprint density at radius 2 is 2.36 bits per heavy atom. The Hall–Kier alpha value is -0.800. The minimum atomic E-state index is -0.121. The molecule has 0 aliphatic carbocycles. The van der Waals surface area contributed by atoms with E-state index in [1.165, 1.54) is 12.1 Å². The van der Waals surface area contributed by atoms with Crippen LogP contribution in [0.3, 0.4) is 0 Å². The van der Waals surface area contributed by atoms with E-state index in [4.69, 9.17) is 16.7 Å². The van der Waals surface area contributed by atoms with Crippen molar-refractivity contribution in [3.8, 4) is 0 Å². The van der Waals surface area contributed by atoms with Crippen molar-refractivity contribution in [2.24, 2.45) is 0 Å². The Morgan fingerprint density at radius 3 is 2.91 bits per heavy atom. The minimum Gasteiger partial charge on any atom is -0.395 e. The van der Waals surface area contributed by atoms with E-state index in [0.29, 0.717) is 11.7 Å². The van der Waals surface area contributed by atoms with Crippen LogP contribution >= 0.6 is 11.6 Å². The summed E-state index contributed by atoms with van der Waals surface area (Å²) in [5.41, 5.74) is -0.121. The van der Waals surface area contributed by atoms with Crippen molar-refractivity contribution < 1.29 is 5.11 Å². The van der Waals surface area contributed by atoms with Crippen LogP contribution < -0.4 is 5.43 Å². The first kappa shape index (κ1) is 8.30. The second-order valence-electron chi connectivity index (χ2n) is 2.10. The van der Waals surface area contributed by atoms with Crippen molar-refractivity contribution in [2.75, 3.05) is 6.61 Å². The van der Waals surface area contributed by atoms with Crippen LogP contribution in [0.1, 0.15) is 0 Å². The highest BCUT2D eigenvalue weighted by Gasteiger charge is 1.94. The highest BCUT2D eigenvalue weighted by atomic mass is 35.5. The third-order valence-corrected chi connectivity index (χ3v) is 1.62. The van der Waals surface area contributed by atoms with E-state index in [0.717, 1.165) is 0 Å². The molecule has 1 N–H and O–H groups in total. The first-order valence-electron chi connectivity index (χ1n) is 3.21. The molecule has 0 spiro atoms. The van der Waals surface area contributed by atoms with E-state index in [-0.39, 0.29) is 12.0 Å². The zero-order valence-corrected chi connectivity index (χ0v) is 6.58. The lowest BCUT2D eigenvalue weighted by atomic mass is 10.4. The van der Waals surface area contributed by atoms with Gasteiger partial charge in [-0.15, -0.1) is 0 Å². The SMILES string of the molecule is O=c1ccn(CCO)c(Cl)c1. The predicted octanol–water partition coefficient (Wildman–Crippen LogP) is 0.494. The summed E-state index contributed by atoms with van der Waals surface area (Å²) >= 11 is 5.66. The molecule has 11 heavy (non-hydrogen) atoms. The maximum Gasteiger partial charge on any atom is 0.183 e. The molecule has 0 fully saturated rings.